The number of rotatable bonds is 6. The van der Waals surface area contributed by atoms with Crippen LogP contribution in [0.25, 0.3) is 11.3 Å². The highest BCUT2D eigenvalue weighted by Gasteiger charge is 2.20. The average molecular weight is 346 g/mol. The van der Waals surface area contributed by atoms with Gasteiger partial charge in [-0.3, -0.25) is 4.72 Å². The average Bonchev–Trinajstić information content (AvgIpc) is 3.19. The predicted molar refractivity (Wildman–Crippen MR) is 90.9 cm³/mol. The Morgan fingerprint density at radius 3 is 2.75 bits per heavy atom. The van der Waals surface area contributed by atoms with Crippen LogP contribution in [0.5, 0.6) is 0 Å². The van der Waals surface area contributed by atoms with Crippen LogP contribution in [0, 0.1) is 0 Å². The molecule has 3 aromatic rings. The van der Waals surface area contributed by atoms with E-state index < -0.39 is 10.0 Å². The van der Waals surface area contributed by atoms with Gasteiger partial charge >= 0.3 is 0 Å². The Morgan fingerprint density at radius 2 is 2.12 bits per heavy atom. The van der Waals surface area contributed by atoms with Gasteiger partial charge in [0.15, 0.2) is 5.03 Å². The Kier molecular flexibility index (Phi) is 4.41. The molecule has 0 saturated carbocycles. The first-order valence-electron chi connectivity index (χ1n) is 7.32. The van der Waals surface area contributed by atoms with E-state index in [0.717, 1.165) is 5.56 Å². The maximum absolute atomic E-state index is 12.6. The Balaban J connectivity index is 2.03. The Hall–Kier alpha value is -2.58. The van der Waals surface area contributed by atoms with Gasteiger partial charge in [0.25, 0.3) is 10.0 Å². The molecule has 0 aliphatic carbocycles. The number of furan rings is 1. The van der Waals surface area contributed by atoms with Crippen LogP contribution in [0.1, 0.15) is 5.56 Å². The highest BCUT2D eigenvalue weighted by molar-refractivity contribution is 7.92. The van der Waals surface area contributed by atoms with Gasteiger partial charge in [0.05, 0.1) is 18.3 Å². The molecule has 0 atom stereocenters. The van der Waals surface area contributed by atoms with Crippen molar-refractivity contribution < 1.29 is 12.8 Å². The standard InChI is InChI=1S/C16H18N4O3S/c1-17-9-12-5-6-13(15-4-3-7-23-15)14(8-12)19-24(21,22)16-10-20(2)11-18-16/h3-8,10-11,17,19H,9H2,1-2H3. The van der Waals surface area contributed by atoms with Crippen molar-refractivity contribution >= 4 is 15.7 Å². The largest absolute Gasteiger partial charge is 0.464 e. The van der Waals surface area contributed by atoms with Crippen LogP contribution in [0.2, 0.25) is 0 Å². The van der Waals surface area contributed by atoms with E-state index in [0.29, 0.717) is 23.6 Å². The number of hydrogen-bond donors (Lipinski definition) is 2. The van der Waals surface area contributed by atoms with Crippen molar-refractivity contribution in [3.8, 4) is 11.3 Å². The van der Waals surface area contributed by atoms with Crippen molar-refractivity contribution in [1.82, 2.24) is 14.9 Å². The lowest BCUT2D eigenvalue weighted by molar-refractivity contribution is 0.582. The van der Waals surface area contributed by atoms with E-state index in [1.807, 2.05) is 19.2 Å². The molecule has 8 heteroatoms. The molecule has 0 bridgehead atoms. The van der Waals surface area contributed by atoms with E-state index in [9.17, 15) is 8.42 Å². The number of sulfonamides is 1. The molecule has 0 aliphatic rings. The second-order valence-corrected chi connectivity index (χ2v) is 7.00. The first kappa shape index (κ1) is 16.3. The summed E-state index contributed by atoms with van der Waals surface area (Å²) in [5.74, 6) is 0.588. The molecule has 24 heavy (non-hydrogen) atoms. The number of anilines is 1. The van der Waals surface area contributed by atoms with Crippen molar-refractivity contribution in [3.63, 3.8) is 0 Å². The van der Waals surface area contributed by atoms with Gasteiger partial charge in [-0.15, -0.1) is 0 Å². The maximum atomic E-state index is 12.6. The molecule has 2 aromatic heterocycles. The van der Waals surface area contributed by atoms with Crippen molar-refractivity contribution in [2.75, 3.05) is 11.8 Å². The maximum Gasteiger partial charge on any atom is 0.280 e. The summed E-state index contributed by atoms with van der Waals surface area (Å²) in [5, 5.41) is 3.01. The normalized spacial score (nSPS) is 11.6. The highest BCUT2D eigenvalue weighted by atomic mass is 32.2. The lowest BCUT2D eigenvalue weighted by Gasteiger charge is -2.12. The quantitative estimate of drug-likeness (QED) is 0.714. The van der Waals surface area contributed by atoms with E-state index >= 15 is 0 Å². The fourth-order valence-electron chi connectivity index (χ4n) is 2.36. The number of aromatic nitrogens is 2. The number of aryl methyl sites for hydroxylation is 1. The third kappa shape index (κ3) is 3.34. The first-order chi connectivity index (χ1) is 11.5. The lowest BCUT2D eigenvalue weighted by atomic mass is 10.1. The summed E-state index contributed by atoms with van der Waals surface area (Å²) in [5.41, 5.74) is 2.06. The van der Waals surface area contributed by atoms with Gasteiger partial charge in [-0.2, -0.15) is 8.42 Å². The third-order valence-electron chi connectivity index (χ3n) is 3.45. The van der Waals surface area contributed by atoms with E-state index in [4.69, 9.17) is 4.42 Å². The molecular weight excluding hydrogens is 328 g/mol. The molecule has 126 valence electrons. The topological polar surface area (TPSA) is 89.2 Å². The zero-order valence-corrected chi connectivity index (χ0v) is 14.2. The number of imidazole rings is 1. The van der Waals surface area contributed by atoms with Crippen LogP contribution in [0.15, 0.2) is 58.6 Å². The summed E-state index contributed by atoms with van der Waals surface area (Å²) in [6, 6.07) is 9.09. The fraction of sp³-hybridized carbons (Fsp3) is 0.188. The lowest BCUT2D eigenvalue weighted by Crippen LogP contribution is -2.15. The van der Waals surface area contributed by atoms with E-state index in [2.05, 4.69) is 15.0 Å². The van der Waals surface area contributed by atoms with Crippen LogP contribution in [-0.4, -0.2) is 25.0 Å². The Labute approximate surface area is 140 Å². The van der Waals surface area contributed by atoms with E-state index in [1.54, 1.807) is 36.1 Å². The zero-order chi connectivity index (χ0) is 17.2. The molecule has 1 aromatic carbocycles. The summed E-state index contributed by atoms with van der Waals surface area (Å²) < 4.78 is 34.8. The van der Waals surface area contributed by atoms with Crippen molar-refractivity contribution in [1.29, 1.82) is 0 Å². The van der Waals surface area contributed by atoms with Crippen molar-refractivity contribution in [3.05, 3.63) is 54.7 Å². The third-order valence-corrected chi connectivity index (χ3v) is 4.70. The summed E-state index contributed by atoms with van der Waals surface area (Å²) in [6.45, 7) is 0.622. The van der Waals surface area contributed by atoms with Gasteiger partial charge in [-0.1, -0.05) is 6.07 Å². The van der Waals surface area contributed by atoms with Crippen molar-refractivity contribution in [2.45, 2.75) is 11.6 Å². The number of nitrogens with zero attached hydrogens (tertiary/aromatic N) is 2. The van der Waals surface area contributed by atoms with Crippen LogP contribution in [0.3, 0.4) is 0 Å². The van der Waals surface area contributed by atoms with Crippen LogP contribution in [-0.2, 0) is 23.6 Å². The fourth-order valence-corrected chi connectivity index (χ4v) is 3.42. The van der Waals surface area contributed by atoms with Gasteiger partial charge in [0.1, 0.15) is 5.76 Å². The predicted octanol–water partition coefficient (Wildman–Crippen LogP) is 2.20. The van der Waals surface area contributed by atoms with Crippen LogP contribution < -0.4 is 10.0 Å². The monoisotopic (exact) mass is 346 g/mol. The van der Waals surface area contributed by atoms with Gasteiger partial charge in [-0.05, 0) is 36.9 Å². The van der Waals surface area contributed by atoms with Gasteiger partial charge in [0.2, 0.25) is 0 Å². The van der Waals surface area contributed by atoms with Crippen molar-refractivity contribution in [2.24, 2.45) is 7.05 Å². The smallest absolute Gasteiger partial charge is 0.280 e. The highest BCUT2D eigenvalue weighted by Crippen LogP contribution is 2.31. The molecule has 0 radical (unpaired) electrons. The first-order valence-corrected chi connectivity index (χ1v) is 8.80. The summed E-state index contributed by atoms with van der Waals surface area (Å²) >= 11 is 0. The molecule has 0 amide bonds. The molecule has 2 heterocycles. The number of nitrogens with one attached hydrogen (secondary N) is 2. The van der Waals surface area contributed by atoms with Crippen LogP contribution in [0.4, 0.5) is 5.69 Å². The summed E-state index contributed by atoms with van der Waals surface area (Å²) in [7, 11) is -0.234. The summed E-state index contributed by atoms with van der Waals surface area (Å²) in [6.07, 6.45) is 4.44. The second-order valence-electron chi connectivity index (χ2n) is 5.37. The summed E-state index contributed by atoms with van der Waals surface area (Å²) in [4.78, 5) is 3.91. The van der Waals surface area contributed by atoms with Crippen LogP contribution >= 0.6 is 0 Å². The van der Waals surface area contributed by atoms with E-state index in [-0.39, 0.29) is 5.03 Å². The van der Waals surface area contributed by atoms with Gasteiger partial charge in [-0.25, -0.2) is 4.98 Å². The zero-order valence-electron chi connectivity index (χ0n) is 13.4. The molecule has 0 fully saturated rings. The molecule has 0 aliphatic heterocycles. The Morgan fingerprint density at radius 1 is 1.29 bits per heavy atom. The SMILES string of the molecule is CNCc1ccc(-c2ccco2)c(NS(=O)(=O)c2cn(C)cn2)c1. The molecular formula is C16H18N4O3S. The van der Waals surface area contributed by atoms with Gasteiger partial charge in [0, 0.05) is 25.4 Å². The minimum atomic E-state index is -3.78. The molecule has 0 saturated heterocycles. The number of hydrogen-bond acceptors (Lipinski definition) is 5. The second kappa shape index (κ2) is 6.50. The number of benzene rings is 1. The van der Waals surface area contributed by atoms with E-state index in [1.165, 1.54) is 12.5 Å². The molecule has 2 N–H and O–H groups in total. The molecule has 7 nitrogen and oxygen atoms in total. The molecule has 0 unspecified atom stereocenters. The van der Waals surface area contributed by atoms with Gasteiger partial charge < -0.3 is 14.3 Å². The minimum Gasteiger partial charge on any atom is -0.464 e. The minimum absolute atomic E-state index is 0.0329. The molecule has 3 rings (SSSR count). The molecule has 0 spiro atoms. The Bertz CT molecular complexity index is 930.